The minimum absolute atomic E-state index is 0.200. The van der Waals surface area contributed by atoms with Crippen LogP contribution in [-0.2, 0) is 0 Å². The SMILES string of the molecule is CCCCCCC(O)c1cc(Cl)c2c(c1)OCO2. The third-order valence-electron chi connectivity index (χ3n) is 3.17. The molecule has 0 saturated heterocycles. The first-order valence-corrected chi connectivity index (χ1v) is 6.87. The third-order valence-corrected chi connectivity index (χ3v) is 3.45. The average Bonchev–Trinajstić information content (AvgIpc) is 2.83. The van der Waals surface area contributed by atoms with Crippen LogP contribution in [0.2, 0.25) is 5.02 Å². The summed E-state index contributed by atoms with van der Waals surface area (Å²) in [6.07, 6.45) is 4.89. The fourth-order valence-electron chi connectivity index (χ4n) is 2.11. The van der Waals surface area contributed by atoms with E-state index in [4.69, 9.17) is 21.1 Å². The Hall–Kier alpha value is -0.930. The van der Waals surface area contributed by atoms with Crippen molar-refractivity contribution in [3.63, 3.8) is 0 Å². The van der Waals surface area contributed by atoms with Gasteiger partial charge in [-0.25, -0.2) is 0 Å². The Morgan fingerprint density at radius 1 is 1.28 bits per heavy atom. The van der Waals surface area contributed by atoms with E-state index in [1.54, 1.807) is 6.07 Å². The van der Waals surface area contributed by atoms with Gasteiger partial charge >= 0.3 is 0 Å². The summed E-state index contributed by atoms with van der Waals surface area (Å²) in [5.41, 5.74) is 0.806. The summed E-state index contributed by atoms with van der Waals surface area (Å²) in [7, 11) is 0. The topological polar surface area (TPSA) is 38.7 Å². The lowest BCUT2D eigenvalue weighted by Crippen LogP contribution is -1.98. The van der Waals surface area contributed by atoms with Crippen LogP contribution in [0.15, 0.2) is 12.1 Å². The largest absolute Gasteiger partial charge is 0.454 e. The van der Waals surface area contributed by atoms with Gasteiger partial charge in [-0.1, -0.05) is 44.2 Å². The molecule has 18 heavy (non-hydrogen) atoms. The standard InChI is InChI=1S/C14H19ClO3/c1-2-3-4-5-6-12(16)10-7-11(15)14-13(8-10)17-9-18-14/h7-8,12,16H,2-6,9H2,1H3. The van der Waals surface area contributed by atoms with Crippen molar-refractivity contribution in [2.45, 2.75) is 45.1 Å². The van der Waals surface area contributed by atoms with Crippen LogP contribution in [0.5, 0.6) is 11.5 Å². The van der Waals surface area contributed by atoms with Gasteiger partial charge in [0.05, 0.1) is 11.1 Å². The molecule has 100 valence electrons. The Labute approximate surface area is 113 Å². The smallest absolute Gasteiger partial charge is 0.231 e. The van der Waals surface area contributed by atoms with E-state index >= 15 is 0 Å². The van der Waals surface area contributed by atoms with Gasteiger partial charge in [-0.05, 0) is 24.1 Å². The summed E-state index contributed by atoms with van der Waals surface area (Å²) in [5, 5.41) is 10.6. The van der Waals surface area contributed by atoms with Gasteiger partial charge in [0.2, 0.25) is 6.79 Å². The molecule has 1 aliphatic heterocycles. The van der Waals surface area contributed by atoms with E-state index in [0.717, 1.165) is 24.8 Å². The Morgan fingerprint density at radius 3 is 2.89 bits per heavy atom. The molecule has 0 saturated carbocycles. The molecule has 4 heteroatoms. The van der Waals surface area contributed by atoms with Crippen LogP contribution in [0.3, 0.4) is 0 Å². The van der Waals surface area contributed by atoms with Gasteiger partial charge in [-0.15, -0.1) is 0 Å². The molecule has 1 atom stereocenters. The van der Waals surface area contributed by atoms with Crippen molar-refractivity contribution in [3.8, 4) is 11.5 Å². The number of rotatable bonds is 6. The zero-order valence-electron chi connectivity index (χ0n) is 10.6. The average molecular weight is 271 g/mol. The van der Waals surface area contributed by atoms with Gasteiger partial charge in [-0.2, -0.15) is 0 Å². The van der Waals surface area contributed by atoms with Gasteiger partial charge in [0.1, 0.15) is 0 Å². The van der Waals surface area contributed by atoms with Gasteiger partial charge in [0, 0.05) is 0 Å². The van der Waals surface area contributed by atoms with Gasteiger partial charge in [0.15, 0.2) is 11.5 Å². The van der Waals surface area contributed by atoms with E-state index in [1.807, 2.05) is 6.07 Å². The van der Waals surface area contributed by atoms with Gasteiger partial charge in [0.25, 0.3) is 0 Å². The molecule has 1 aromatic carbocycles. The number of aliphatic hydroxyl groups is 1. The van der Waals surface area contributed by atoms with Crippen LogP contribution in [0.25, 0.3) is 0 Å². The van der Waals surface area contributed by atoms with E-state index in [1.165, 1.54) is 12.8 Å². The van der Waals surface area contributed by atoms with E-state index in [9.17, 15) is 5.11 Å². The predicted octanol–water partition coefficient (Wildman–Crippen LogP) is 4.07. The van der Waals surface area contributed by atoms with Crippen molar-refractivity contribution in [2.24, 2.45) is 0 Å². The van der Waals surface area contributed by atoms with E-state index in [-0.39, 0.29) is 6.79 Å². The second kappa shape index (κ2) is 6.30. The maximum absolute atomic E-state index is 10.1. The lowest BCUT2D eigenvalue weighted by molar-refractivity contribution is 0.162. The number of hydrogen-bond acceptors (Lipinski definition) is 3. The lowest BCUT2D eigenvalue weighted by atomic mass is 10.0. The molecule has 0 spiro atoms. The van der Waals surface area contributed by atoms with Crippen molar-refractivity contribution in [2.75, 3.05) is 6.79 Å². The summed E-state index contributed by atoms with van der Waals surface area (Å²) in [6.45, 7) is 2.37. The van der Waals surface area contributed by atoms with Crippen molar-refractivity contribution in [3.05, 3.63) is 22.7 Å². The molecule has 0 radical (unpaired) electrons. The number of fused-ring (bicyclic) bond motifs is 1. The van der Waals surface area contributed by atoms with Crippen LogP contribution in [0.4, 0.5) is 0 Å². The number of aliphatic hydroxyl groups excluding tert-OH is 1. The zero-order chi connectivity index (χ0) is 13.0. The quantitative estimate of drug-likeness (QED) is 0.792. The summed E-state index contributed by atoms with van der Waals surface area (Å²) in [4.78, 5) is 0. The number of halogens is 1. The summed E-state index contributed by atoms with van der Waals surface area (Å²) < 4.78 is 10.5. The molecule has 1 aliphatic rings. The molecule has 0 aliphatic carbocycles. The van der Waals surface area contributed by atoms with Crippen molar-refractivity contribution >= 4 is 11.6 Å². The Balaban J connectivity index is 1.98. The molecule has 0 amide bonds. The van der Waals surface area contributed by atoms with Gasteiger partial charge < -0.3 is 14.6 Å². The number of benzene rings is 1. The minimum atomic E-state index is -0.478. The highest BCUT2D eigenvalue weighted by atomic mass is 35.5. The predicted molar refractivity (Wildman–Crippen MR) is 71.3 cm³/mol. The van der Waals surface area contributed by atoms with Crippen LogP contribution in [0.1, 0.15) is 50.7 Å². The molecule has 0 aromatic heterocycles. The molecule has 1 aromatic rings. The second-order valence-corrected chi connectivity index (χ2v) is 5.01. The Bertz CT molecular complexity index is 406. The van der Waals surface area contributed by atoms with Crippen LogP contribution >= 0.6 is 11.6 Å². The lowest BCUT2D eigenvalue weighted by Gasteiger charge is -2.12. The highest BCUT2D eigenvalue weighted by Gasteiger charge is 2.20. The van der Waals surface area contributed by atoms with E-state index in [2.05, 4.69) is 6.92 Å². The normalized spacial score (nSPS) is 14.8. The molecule has 1 N–H and O–H groups in total. The van der Waals surface area contributed by atoms with Crippen LogP contribution in [0, 0.1) is 0 Å². The molecule has 0 fully saturated rings. The highest BCUT2D eigenvalue weighted by Crippen LogP contribution is 2.41. The molecule has 0 bridgehead atoms. The highest BCUT2D eigenvalue weighted by molar-refractivity contribution is 6.32. The number of ether oxygens (including phenoxy) is 2. The van der Waals surface area contributed by atoms with Gasteiger partial charge in [-0.3, -0.25) is 0 Å². The number of unbranched alkanes of at least 4 members (excludes halogenated alkanes) is 3. The Morgan fingerprint density at radius 2 is 2.11 bits per heavy atom. The first-order chi connectivity index (χ1) is 8.72. The first kappa shape index (κ1) is 13.5. The third kappa shape index (κ3) is 3.09. The monoisotopic (exact) mass is 270 g/mol. The zero-order valence-corrected chi connectivity index (χ0v) is 11.4. The minimum Gasteiger partial charge on any atom is -0.454 e. The molecular weight excluding hydrogens is 252 g/mol. The number of hydrogen-bond donors (Lipinski definition) is 1. The fraction of sp³-hybridized carbons (Fsp3) is 0.571. The van der Waals surface area contributed by atoms with E-state index < -0.39 is 6.10 Å². The summed E-state index contributed by atoms with van der Waals surface area (Å²) >= 11 is 6.09. The van der Waals surface area contributed by atoms with Crippen LogP contribution < -0.4 is 9.47 Å². The van der Waals surface area contributed by atoms with Crippen molar-refractivity contribution in [1.29, 1.82) is 0 Å². The fourth-order valence-corrected chi connectivity index (χ4v) is 2.38. The van der Waals surface area contributed by atoms with Crippen molar-refractivity contribution < 1.29 is 14.6 Å². The first-order valence-electron chi connectivity index (χ1n) is 6.49. The molecule has 1 heterocycles. The maximum atomic E-state index is 10.1. The van der Waals surface area contributed by atoms with Crippen LogP contribution in [-0.4, -0.2) is 11.9 Å². The maximum Gasteiger partial charge on any atom is 0.231 e. The van der Waals surface area contributed by atoms with Crippen molar-refractivity contribution in [1.82, 2.24) is 0 Å². The molecule has 1 unspecified atom stereocenters. The molecular formula is C14H19ClO3. The molecule has 2 rings (SSSR count). The summed E-state index contributed by atoms with van der Waals surface area (Å²) in [6, 6.07) is 3.58. The molecule has 3 nitrogen and oxygen atoms in total. The second-order valence-electron chi connectivity index (χ2n) is 4.60. The summed E-state index contributed by atoms with van der Waals surface area (Å²) in [5.74, 6) is 1.21. The van der Waals surface area contributed by atoms with E-state index in [0.29, 0.717) is 16.5 Å². The Kier molecular flexibility index (Phi) is 4.72.